The Bertz CT molecular complexity index is 432. The number of carbonyl (C=O) groups is 1. The molecule has 0 aliphatic heterocycles. The van der Waals surface area contributed by atoms with E-state index in [-0.39, 0.29) is 11.7 Å². The molecule has 1 N–H and O–H groups in total. The highest BCUT2D eigenvalue weighted by atomic mass is 19.1. The van der Waals surface area contributed by atoms with Crippen molar-refractivity contribution in [3.05, 3.63) is 29.6 Å². The van der Waals surface area contributed by atoms with Crippen LogP contribution >= 0.6 is 0 Å². The van der Waals surface area contributed by atoms with Gasteiger partial charge in [0.2, 0.25) is 0 Å². The van der Waals surface area contributed by atoms with E-state index in [4.69, 9.17) is 4.74 Å². The van der Waals surface area contributed by atoms with Crippen molar-refractivity contribution in [1.82, 2.24) is 5.32 Å². The topological polar surface area (TPSA) is 38.3 Å². The second kappa shape index (κ2) is 7.12. The molecule has 0 saturated carbocycles. The molecule has 0 saturated heterocycles. The first-order valence-electron chi connectivity index (χ1n) is 6.61. The van der Waals surface area contributed by atoms with Gasteiger partial charge in [0.15, 0.2) is 17.7 Å². The molecule has 1 aromatic rings. The van der Waals surface area contributed by atoms with Gasteiger partial charge in [-0.2, -0.15) is 0 Å². The van der Waals surface area contributed by atoms with Gasteiger partial charge in [0, 0.05) is 6.54 Å². The van der Waals surface area contributed by atoms with Crippen LogP contribution in [0.25, 0.3) is 0 Å². The smallest absolute Gasteiger partial charge is 0.260 e. The molecule has 1 aromatic carbocycles. The molecule has 0 aliphatic rings. The van der Waals surface area contributed by atoms with E-state index in [9.17, 15) is 9.18 Å². The summed E-state index contributed by atoms with van der Waals surface area (Å²) in [4.78, 5) is 11.8. The monoisotopic (exact) mass is 267 g/mol. The number of amides is 1. The van der Waals surface area contributed by atoms with E-state index in [0.29, 0.717) is 18.0 Å². The van der Waals surface area contributed by atoms with Crippen LogP contribution in [0.2, 0.25) is 0 Å². The maximum Gasteiger partial charge on any atom is 0.260 e. The van der Waals surface area contributed by atoms with Gasteiger partial charge in [-0.05, 0) is 37.8 Å². The molecule has 1 unspecified atom stereocenters. The molecule has 0 aliphatic carbocycles. The van der Waals surface area contributed by atoms with Gasteiger partial charge in [-0.25, -0.2) is 4.39 Å². The lowest BCUT2D eigenvalue weighted by Gasteiger charge is -2.16. The Hall–Kier alpha value is -1.58. The van der Waals surface area contributed by atoms with Gasteiger partial charge in [-0.3, -0.25) is 4.79 Å². The molecular weight excluding hydrogens is 245 g/mol. The summed E-state index contributed by atoms with van der Waals surface area (Å²) in [6.07, 6.45) is 0.209. The molecule has 0 aromatic heterocycles. The highest BCUT2D eigenvalue weighted by Crippen LogP contribution is 2.20. The molecule has 1 atom stereocenters. The van der Waals surface area contributed by atoms with Crippen LogP contribution in [0.15, 0.2) is 18.2 Å². The van der Waals surface area contributed by atoms with Crippen molar-refractivity contribution in [3.8, 4) is 5.75 Å². The van der Waals surface area contributed by atoms with Crippen LogP contribution in [-0.4, -0.2) is 18.6 Å². The van der Waals surface area contributed by atoms with Gasteiger partial charge in [0.05, 0.1) is 0 Å². The summed E-state index contributed by atoms with van der Waals surface area (Å²) in [5.41, 5.74) is 0.505. The summed E-state index contributed by atoms with van der Waals surface area (Å²) in [5, 5.41) is 2.78. The zero-order chi connectivity index (χ0) is 14.4. The third-order valence-electron chi connectivity index (χ3n) is 2.85. The molecular formula is C15H22FNO2. The van der Waals surface area contributed by atoms with Crippen molar-refractivity contribution in [2.75, 3.05) is 6.54 Å². The summed E-state index contributed by atoms with van der Waals surface area (Å²) in [5.74, 6) is 0.0168. The number of rotatable bonds is 6. The number of carbonyl (C=O) groups excluding carboxylic acids is 1. The van der Waals surface area contributed by atoms with Crippen LogP contribution in [0.1, 0.15) is 32.8 Å². The Morgan fingerprint density at radius 1 is 1.37 bits per heavy atom. The average Bonchev–Trinajstić information content (AvgIpc) is 2.34. The normalized spacial score (nSPS) is 12.3. The number of hydrogen-bond donors (Lipinski definition) is 1. The SMILES string of the molecule is Cc1cccc(OC(C)C(=O)NCCC(C)C)c1F. The minimum absolute atomic E-state index is 0.117. The fraction of sp³-hybridized carbons (Fsp3) is 0.533. The van der Waals surface area contributed by atoms with E-state index >= 15 is 0 Å². The standard InChI is InChI=1S/C15H22FNO2/c1-10(2)8-9-17-15(18)12(4)19-13-7-5-6-11(3)14(13)16/h5-7,10,12H,8-9H2,1-4H3,(H,17,18). The van der Waals surface area contributed by atoms with Crippen molar-refractivity contribution in [1.29, 1.82) is 0 Å². The van der Waals surface area contributed by atoms with Gasteiger partial charge >= 0.3 is 0 Å². The second-order valence-electron chi connectivity index (χ2n) is 5.12. The predicted octanol–water partition coefficient (Wildman–Crippen LogP) is 3.06. The van der Waals surface area contributed by atoms with Crippen molar-refractivity contribution < 1.29 is 13.9 Å². The lowest BCUT2D eigenvalue weighted by Crippen LogP contribution is -2.37. The molecule has 0 spiro atoms. The molecule has 4 heteroatoms. The predicted molar refractivity (Wildman–Crippen MR) is 73.7 cm³/mol. The Morgan fingerprint density at radius 2 is 2.05 bits per heavy atom. The van der Waals surface area contributed by atoms with Crippen molar-refractivity contribution in [3.63, 3.8) is 0 Å². The quantitative estimate of drug-likeness (QED) is 0.860. The molecule has 0 heterocycles. The van der Waals surface area contributed by atoms with Crippen molar-refractivity contribution in [2.24, 2.45) is 5.92 Å². The largest absolute Gasteiger partial charge is 0.478 e. The Balaban J connectivity index is 2.52. The first-order chi connectivity index (χ1) is 8.91. The van der Waals surface area contributed by atoms with Gasteiger partial charge < -0.3 is 10.1 Å². The summed E-state index contributed by atoms with van der Waals surface area (Å²) in [7, 11) is 0. The van der Waals surface area contributed by atoms with Gasteiger partial charge in [-0.15, -0.1) is 0 Å². The zero-order valence-corrected chi connectivity index (χ0v) is 12.0. The number of nitrogens with one attached hydrogen (secondary N) is 1. The Labute approximate surface area is 114 Å². The van der Waals surface area contributed by atoms with Crippen LogP contribution < -0.4 is 10.1 Å². The Kier molecular flexibility index (Phi) is 5.80. The number of ether oxygens (including phenoxy) is 1. The van der Waals surface area contributed by atoms with Crippen LogP contribution in [0.4, 0.5) is 4.39 Å². The number of aryl methyl sites for hydroxylation is 1. The van der Waals surface area contributed by atoms with Crippen LogP contribution in [0.5, 0.6) is 5.75 Å². The van der Waals surface area contributed by atoms with Crippen LogP contribution in [-0.2, 0) is 4.79 Å². The fourth-order valence-electron chi connectivity index (χ4n) is 1.58. The van der Waals surface area contributed by atoms with E-state index < -0.39 is 11.9 Å². The second-order valence-corrected chi connectivity index (χ2v) is 5.12. The lowest BCUT2D eigenvalue weighted by atomic mass is 10.1. The molecule has 106 valence electrons. The maximum atomic E-state index is 13.7. The first kappa shape index (κ1) is 15.5. The van der Waals surface area contributed by atoms with Gasteiger partial charge in [0.25, 0.3) is 5.91 Å². The van der Waals surface area contributed by atoms with E-state index in [0.717, 1.165) is 6.42 Å². The Morgan fingerprint density at radius 3 is 2.68 bits per heavy atom. The molecule has 0 bridgehead atoms. The van der Waals surface area contributed by atoms with E-state index in [1.807, 2.05) is 0 Å². The molecule has 19 heavy (non-hydrogen) atoms. The minimum Gasteiger partial charge on any atom is -0.478 e. The van der Waals surface area contributed by atoms with Gasteiger partial charge in [-0.1, -0.05) is 26.0 Å². The van der Waals surface area contributed by atoms with E-state index in [1.165, 1.54) is 6.07 Å². The molecule has 0 radical (unpaired) electrons. The molecule has 3 nitrogen and oxygen atoms in total. The maximum absolute atomic E-state index is 13.7. The first-order valence-corrected chi connectivity index (χ1v) is 6.61. The third-order valence-corrected chi connectivity index (χ3v) is 2.85. The minimum atomic E-state index is -0.705. The molecule has 0 fully saturated rings. The highest BCUT2D eigenvalue weighted by Gasteiger charge is 2.16. The third kappa shape index (κ3) is 4.89. The zero-order valence-electron chi connectivity index (χ0n) is 12.0. The average molecular weight is 267 g/mol. The van der Waals surface area contributed by atoms with Crippen LogP contribution in [0.3, 0.4) is 0 Å². The van der Waals surface area contributed by atoms with Crippen molar-refractivity contribution in [2.45, 2.75) is 40.2 Å². The summed E-state index contributed by atoms with van der Waals surface area (Å²) < 4.78 is 19.1. The number of benzene rings is 1. The number of halogens is 1. The lowest BCUT2D eigenvalue weighted by molar-refractivity contribution is -0.127. The van der Waals surface area contributed by atoms with E-state index in [2.05, 4.69) is 19.2 Å². The fourth-order valence-corrected chi connectivity index (χ4v) is 1.58. The van der Waals surface area contributed by atoms with Crippen molar-refractivity contribution >= 4 is 5.91 Å². The van der Waals surface area contributed by atoms with Gasteiger partial charge in [0.1, 0.15) is 0 Å². The highest BCUT2D eigenvalue weighted by molar-refractivity contribution is 5.80. The molecule has 1 amide bonds. The van der Waals surface area contributed by atoms with E-state index in [1.54, 1.807) is 26.0 Å². The summed E-state index contributed by atoms with van der Waals surface area (Å²) in [6, 6.07) is 4.90. The molecule has 1 rings (SSSR count). The number of hydrogen-bond acceptors (Lipinski definition) is 2. The summed E-state index contributed by atoms with van der Waals surface area (Å²) >= 11 is 0. The van der Waals surface area contributed by atoms with Crippen LogP contribution in [0, 0.1) is 18.7 Å². The summed E-state index contributed by atoms with van der Waals surface area (Å²) in [6.45, 7) is 8.07.